The summed E-state index contributed by atoms with van der Waals surface area (Å²) in [6, 6.07) is 16.5. The molecule has 2 heterocycles. The quantitative estimate of drug-likeness (QED) is 0.440. The summed E-state index contributed by atoms with van der Waals surface area (Å²) in [5.41, 5.74) is 4.57. The Morgan fingerprint density at radius 3 is 2.63 bits per heavy atom. The molecule has 0 aliphatic carbocycles. The van der Waals surface area contributed by atoms with E-state index in [1.54, 1.807) is 42.9 Å². The molecule has 0 atom stereocenters. The molecule has 0 aliphatic rings. The Kier molecular flexibility index (Phi) is 5.34. The summed E-state index contributed by atoms with van der Waals surface area (Å²) in [5.74, 6) is -0.567. The van der Waals surface area contributed by atoms with Crippen LogP contribution >= 0.6 is 0 Å². The fraction of sp³-hybridized carbons (Fsp3) is 0.0435. The van der Waals surface area contributed by atoms with Crippen LogP contribution in [0.15, 0.2) is 73.2 Å². The molecule has 0 bridgehead atoms. The van der Waals surface area contributed by atoms with Crippen LogP contribution in [0.1, 0.15) is 21.5 Å². The van der Waals surface area contributed by atoms with E-state index in [1.165, 1.54) is 6.08 Å². The Hall–Kier alpha value is -4.26. The molecule has 0 unspecified atom stereocenters. The number of aromatic nitrogens is 3. The molecule has 0 saturated heterocycles. The van der Waals surface area contributed by atoms with E-state index in [2.05, 4.69) is 25.6 Å². The molecule has 2 amide bonds. The first-order valence-corrected chi connectivity index (χ1v) is 9.34. The number of H-pyrrole nitrogens is 1. The van der Waals surface area contributed by atoms with Gasteiger partial charge in [-0.25, -0.2) is 9.97 Å². The lowest BCUT2D eigenvalue weighted by molar-refractivity contribution is -0.111. The number of nitrogens with one attached hydrogen (secondary N) is 3. The third kappa shape index (κ3) is 4.41. The van der Waals surface area contributed by atoms with Crippen LogP contribution in [0.4, 0.5) is 11.4 Å². The Balaban J connectivity index is 1.47. The van der Waals surface area contributed by atoms with Crippen molar-refractivity contribution < 1.29 is 9.59 Å². The van der Waals surface area contributed by atoms with E-state index in [-0.39, 0.29) is 11.8 Å². The van der Waals surface area contributed by atoms with Crippen molar-refractivity contribution >= 4 is 40.4 Å². The molecule has 2 aromatic carbocycles. The number of pyridine rings is 1. The maximum atomic E-state index is 12.8. The Bertz CT molecular complexity index is 1240. The second-order valence-electron chi connectivity index (χ2n) is 6.71. The number of aryl methyl sites for hydroxylation is 1. The van der Waals surface area contributed by atoms with Crippen molar-refractivity contribution in [3.05, 3.63) is 89.9 Å². The number of carbonyl (C=O) groups is 2. The lowest BCUT2D eigenvalue weighted by atomic mass is 10.1. The van der Waals surface area contributed by atoms with Crippen LogP contribution in [0.2, 0.25) is 0 Å². The normalized spacial score (nSPS) is 11.0. The van der Waals surface area contributed by atoms with Crippen LogP contribution in [0.5, 0.6) is 0 Å². The van der Waals surface area contributed by atoms with Gasteiger partial charge in [-0.05, 0) is 42.3 Å². The first-order valence-electron chi connectivity index (χ1n) is 9.34. The predicted octanol–water partition coefficient (Wildman–Crippen LogP) is 4.17. The van der Waals surface area contributed by atoms with Crippen molar-refractivity contribution in [3.8, 4) is 0 Å². The standard InChI is InChI=1S/C23H19N5O2/c1-15-7-9-17(27-21(29)10-8-16-5-3-2-4-6-16)11-19(15)23(30)28-18-12-20-22(24-13-18)26-14-25-20/h2-14H,1H3,(H,27,29)(H,28,30)(H,24,25,26). The Morgan fingerprint density at radius 2 is 1.80 bits per heavy atom. The number of nitrogens with zero attached hydrogens (tertiary/aromatic N) is 2. The van der Waals surface area contributed by atoms with Crippen molar-refractivity contribution in [2.75, 3.05) is 10.6 Å². The summed E-state index contributed by atoms with van der Waals surface area (Å²) in [6.45, 7) is 1.84. The van der Waals surface area contributed by atoms with Gasteiger partial charge >= 0.3 is 0 Å². The average Bonchev–Trinajstić information content (AvgIpc) is 3.22. The average molecular weight is 397 g/mol. The summed E-state index contributed by atoms with van der Waals surface area (Å²) in [5, 5.41) is 5.61. The molecule has 0 spiro atoms. The third-order valence-electron chi connectivity index (χ3n) is 4.51. The molecule has 0 aliphatic heterocycles. The van der Waals surface area contributed by atoms with Gasteiger partial charge in [0.2, 0.25) is 5.91 Å². The number of aromatic amines is 1. The van der Waals surface area contributed by atoms with Gasteiger partial charge in [-0.1, -0.05) is 36.4 Å². The molecule has 7 nitrogen and oxygen atoms in total. The lowest BCUT2D eigenvalue weighted by Gasteiger charge is -2.10. The van der Waals surface area contributed by atoms with Crippen LogP contribution in [-0.2, 0) is 4.79 Å². The topological polar surface area (TPSA) is 99.8 Å². The van der Waals surface area contributed by atoms with Crippen molar-refractivity contribution in [2.45, 2.75) is 6.92 Å². The number of carbonyl (C=O) groups excluding carboxylic acids is 2. The maximum Gasteiger partial charge on any atom is 0.256 e. The highest BCUT2D eigenvalue weighted by molar-refractivity contribution is 6.07. The van der Waals surface area contributed by atoms with E-state index in [9.17, 15) is 9.59 Å². The largest absolute Gasteiger partial charge is 0.329 e. The molecule has 0 saturated carbocycles. The number of rotatable bonds is 5. The van der Waals surface area contributed by atoms with Crippen LogP contribution in [0.3, 0.4) is 0 Å². The van der Waals surface area contributed by atoms with E-state index in [0.29, 0.717) is 28.1 Å². The molecule has 0 fully saturated rings. The molecular formula is C23H19N5O2. The van der Waals surface area contributed by atoms with Crippen molar-refractivity contribution in [1.29, 1.82) is 0 Å². The molecule has 2 aromatic heterocycles. The first kappa shape index (κ1) is 19.1. The summed E-state index contributed by atoms with van der Waals surface area (Å²) >= 11 is 0. The molecule has 148 valence electrons. The number of fused-ring (bicyclic) bond motifs is 1. The van der Waals surface area contributed by atoms with Gasteiger partial charge in [0.15, 0.2) is 5.65 Å². The van der Waals surface area contributed by atoms with Crippen LogP contribution in [-0.4, -0.2) is 26.8 Å². The monoisotopic (exact) mass is 397 g/mol. The number of anilines is 2. The van der Waals surface area contributed by atoms with E-state index < -0.39 is 0 Å². The highest BCUT2D eigenvalue weighted by Gasteiger charge is 2.12. The maximum absolute atomic E-state index is 12.8. The van der Waals surface area contributed by atoms with E-state index in [1.807, 2.05) is 37.3 Å². The second kappa shape index (κ2) is 8.40. The van der Waals surface area contributed by atoms with Gasteiger partial charge in [0, 0.05) is 17.3 Å². The minimum Gasteiger partial charge on any atom is -0.329 e. The highest BCUT2D eigenvalue weighted by Crippen LogP contribution is 2.19. The van der Waals surface area contributed by atoms with Crippen molar-refractivity contribution in [2.24, 2.45) is 0 Å². The molecule has 0 radical (unpaired) electrons. The molecule has 4 aromatic rings. The Morgan fingerprint density at radius 1 is 0.967 bits per heavy atom. The van der Waals surface area contributed by atoms with Crippen LogP contribution < -0.4 is 10.6 Å². The van der Waals surface area contributed by atoms with Gasteiger partial charge in [-0.3, -0.25) is 9.59 Å². The minimum atomic E-state index is -0.292. The van der Waals surface area contributed by atoms with Crippen LogP contribution in [0.25, 0.3) is 17.2 Å². The summed E-state index contributed by atoms with van der Waals surface area (Å²) in [7, 11) is 0. The second-order valence-corrected chi connectivity index (χ2v) is 6.71. The zero-order valence-corrected chi connectivity index (χ0v) is 16.2. The fourth-order valence-corrected chi connectivity index (χ4v) is 2.96. The molecular weight excluding hydrogens is 378 g/mol. The van der Waals surface area contributed by atoms with Crippen molar-refractivity contribution in [1.82, 2.24) is 15.0 Å². The first-order chi connectivity index (χ1) is 14.6. The third-order valence-corrected chi connectivity index (χ3v) is 4.51. The van der Waals surface area contributed by atoms with Crippen LogP contribution in [0, 0.1) is 6.92 Å². The zero-order chi connectivity index (χ0) is 20.9. The number of amides is 2. The summed E-state index contributed by atoms with van der Waals surface area (Å²) in [6.07, 6.45) is 6.30. The smallest absolute Gasteiger partial charge is 0.256 e. The summed E-state index contributed by atoms with van der Waals surface area (Å²) < 4.78 is 0. The zero-order valence-electron chi connectivity index (χ0n) is 16.2. The minimum absolute atomic E-state index is 0.276. The van der Waals surface area contributed by atoms with Gasteiger partial charge in [0.05, 0.1) is 18.2 Å². The molecule has 30 heavy (non-hydrogen) atoms. The van der Waals surface area contributed by atoms with Gasteiger partial charge in [-0.15, -0.1) is 0 Å². The van der Waals surface area contributed by atoms with Gasteiger partial charge in [0.1, 0.15) is 5.52 Å². The Labute approximate surface area is 172 Å². The fourth-order valence-electron chi connectivity index (χ4n) is 2.96. The molecule has 4 rings (SSSR count). The van der Waals surface area contributed by atoms with E-state index >= 15 is 0 Å². The SMILES string of the molecule is Cc1ccc(NC(=O)C=Cc2ccccc2)cc1C(=O)Nc1cnc2[nH]cnc2c1. The number of imidazole rings is 1. The molecule has 7 heteroatoms. The van der Waals surface area contributed by atoms with Gasteiger partial charge in [0.25, 0.3) is 5.91 Å². The number of hydrogen-bond donors (Lipinski definition) is 3. The van der Waals surface area contributed by atoms with E-state index in [0.717, 1.165) is 11.1 Å². The van der Waals surface area contributed by atoms with Gasteiger partial charge in [-0.2, -0.15) is 0 Å². The molecule has 3 N–H and O–H groups in total. The number of benzene rings is 2. The predicted molar refractivity (Wildman–Crippen MR) is 117 cm³/mol. The lowest BCUT2D eigenvalue weighted by Crippen LogP contribution is -2.15. The summed E-state index contributed by atoms with van der Waals surface area (Å²) in [4.78, 5) is 36.3. The number of hydrogen-bond acceptors (Lipinski definition) is 4. The van der Waals surface area contributed by atoms with E-state index in [4.69, 9.17) is 0 Å². The highest BCUT2D eigenvalue weighted by atomic mass is 16.2. The van der Waals surface area contributed by atoms with Crippen molar-refractivity contribution in [3.63, 3.8) is 0 Å². The van der Waals surface area contributed by atoms with Gasteiger partial charge < -0.3 is 15.6 Å².